The highest BCUT2D eigenvalue weighted by atomic mass is 16.5. The Labute approximate surface area is 141 Å². The highest BCUT2D eigenvalue weighted by Gasteiger charge is 2.14. The van der Waals surface area contributed by atoms with Crippen LogP contribution in [0.4, 0.5) is 0 Å². The fraction of sp³-hybridized carbons (Fsp3) is 0.211. The van der Waals surface area contributed by atoms with Gasteiger partial charge < -0.3 is 19.3 Å². The third-order valence-corrected chi connectivity index (χ3v) is 3.68. The van der Waals surface area contributed by atoms with Crippen LogP contribution in [0, 0.1) is 6.92 Å². The topological polar surface area (TPSA) is 65.0 Å². The molecule has 0 aliphatic carbocycles. The Morgan fingerprint density at radius 2 is 1.67 bits per heavy atom. The quantitative estimate of drug-likeness (QED) is 0.648. The number of ether oxygens (including phenoxy) is 3. The second-order valence-corrected chi connectivity index (χ2v) is 5.16. The Balaban J connectivity index is 2.53. The molecule has 126 valence electrons. The molecule has 5 heteroatoms. The number of hydrogen-bond acceptors (Lipinski definition) is 4. The minimum atomic E-state index is -1.02. The van der Waals surface area contributed by atoms with Crippen LogP contribution in [0.2, 0.25) is 0 Å². The van der Waals surface area contributed by atoms with Gasteiger partial charge in [0.05, 0.1) is 26.9 Å². The van der Waals surface area contributed by atoms with E-state index in [1.165, 1.54) is 7.11 Å². The van der Waals surface area contributed by atoms with Gasteiger partial charge in [-0.1, -0.05) is 6.07 Å². The van der Waals surface area contributed by atoms with Gasteiger partial charge in [-0.05, 0) is 48.4 Å². The van der Waals surface area contributed by atoms with E-state index in [-0.39, 0.29) is 5.57 Å². The largest absolute Gasteiger partial charge is 0.497 e. The molecule has 0 amide bonds. The van der Waals surface area contributed by atoms with Crippen LogP contribution in [-0.4, -0.2) is 32.4 Å². The summed E-state index contributed by atoms with van der Waals surface area (Å²) < 4.78 is 15.7. The number of rotatable bonds is 6. The molecule has 24 heavy (non-hydrogen) atoms. The monoisotopic (exact) mass is 328 g/mol. The molecule has 0 atom stereocenters. The molecule has 0 saturated carbocycles. The maximum absolute atomic E-state index is 11.7. The highest BCUT2D eigenvalue weighted by Crippen LogP contribution is 2.30. The van der Waals surface area contributed by atoms with Crippen molar-refractivity contribution in [1.29, 1.82) is 0 Å². The molecule has 1 N–H and O–H groups in total. The molecule has 0 bridgehead atoms. The third-order valence-electron chi connectivity index (χ3n) is 3.68. The first-order valence-electron chi connectivity index (χ1n) is 7.32. The number of carbonyl (C=O) groups is 1. The van der Waals surface area contributed by atoms with Crippen LogP contribution < -0.4 is 14.2 Å². The van der Waals surface area contributed by atoms with Crippen molar-refractivity contribution in [2.45, 2.75) is 6.92 Å². The molecule has 2 aromatic rings. The molecule has 0 aliphatic rings. The molecule has 0 aliphatic heterocycles. The zero-order chi connectivity index (χ0) is 17.7. The number of aryl methyl sites for hydroxylation is 1. The number of hydrogen-bond donors (Lipinski definition) is 1. The summed E-state index contributed by atoms with van der Waals surface area (Å²) in [7, 11) is 4.68. The van der Waals surface area contributed by atoms with Gasteiger partial charge in [-0.25, -0.2) is 4.79 Å². The maximum Gasteiger partial charge on any atom is 0.336 e. The Kier molecular flexibility index (Phi) is 5.47. The summed E-state index contributed by atoms with van der Waals surface area (Å²) in [6, 6.07) is 10.5. The molecule has 2 rings (SSSR count). The molecule has 0 spiro atoms. The summed E-state index contributed by atoms with van der Waals surface area (Å²) in [5, 5.41) is 9.60. The minimum Gasteiger partial charge on any atom is -0.497 e. The van der Waals surface area contributed by atoms with Crippen molar-refractivity contribution in [3.05, 3.63) is 53.1 Å². The van der Waals surface area contributed by atoms with Crippen molar-refractivity contribution in [2.24, 2.45) is 0 Å². The highest BCUT2D eigenvalue weighted by molar-refractivity contribution is 6.20. The summed E-state index contributed by atoms with van der Waals surface area (Å²) in [5.41, 5.74) is 2.29. The van der Waals surface area contributed by atoms with Crippen LogP contribution in [0.3, 0.4) is 0 Å². The van der Waals surface area contributed by atoms with Crippen LogP contribution in [0.5, 0.6) is 17.2 Å². The van der Waals surface area contributed by atoms with E-state index in [4.69, 9.17) is 14.2 Å². The van der Waals surface area contributed by atoms with Crippen LogP contribution in [0.25, 0.3) is 11.6 Å². The predicted octanol–water partition coefficient (Wildman–Crippen LogP) is 3.65. The van der Waals surface area contributed by atoms with Crippen LogP contribution in [0.1, 0.15) is 16.7 Å². The van der Waals surface area contributed by atoms with Crippen molar-refractivity contribution in [2.75, 3.05) is 21.3 Å². The molecule has 0 heterocycles. The molecule has 5 nitrogen and oxygen atoms in total. The Hall–Kier alpha value is -2.95. The lowest BCUT2D eigenvalue weighted by Crippen LogP contribution is -2.01. The van der Waals surface area contributed by atoms with Gasteiger partial charge in [-0.3, -0.25) is 0 Å². The Morgan fingerprint density at radius 1 is 0.958 bits per heavy atom. The molecule has 0 unspecified atom stereocenters. The lowest BCUT2D eigenvalue weighted by molar-refractivity contribution is -0.130. The maximum atomic E-state index is 11.7. The summed E-state index contributed by atoms with van der Waals surface area (Å²) in [6.07, 6.45) is 1.59. The summed E-state index contributed by atoms with van der Waals surface area (Å²) in [5.74, 6) is 0.877. The Bertz CT molecular complexity index is 777. The summed E-state index contributed by atoms with van der Waals surface area (Å²) >= 11 is 0. The average molecular weight is 328 g/mol. The van der Waals surface area contributed by atoms with Crippen molar-refractivity contribution in [3.8, 4) is 17.2 Å². The first kappa shape index (κ1) is 17.4. The zero-order valence-corrected chi connectivity index (χ0v) is 14.1. The standard InChI is InChI=1S/C19H20O5/c1-12-9-13(6-8-17(12)23-3)16(19(20)21)10-14-5-7-15(22-2)11-18(14)24-4/h5-11H,1-4H3,(H,20,21)/b16-10-. The predicted molar refractivity (Wildman–Crippen MR) is 92.8 cm³/mol. The van der Waals surface area contributed by atoms with Gasteiger partial charge in [0, 0.05) is 11.6 Å². The second-order valence-electron chi connectivity index (χ2n) is 5.16. The van der Waals surface area contributed by atoms with E-state index in [1.807, 2.05) is 6.92 Å². The summed E-state index contributed by atoms with van der Waals surface area (Å²) in [4.78, 5) is 11.7. The van der Waals surface area contributed by atoms with E-state index in [0.717, 1.165) is 5.56 Å². The van der Waals surface area contributed by atoms with Gasteiger partial charge in [0.1, 0.15) is 17.2 Å². The van der Waals surface area contributed by atoms with Gasteiger partial charge in [0.2, 0.25) is 0 Å². The molecular formula is C19H20O5. The first-order valence-corrected chi connectivity index (χ1v) is 7.32. The lowest BCUT2D eigenvalue weighted by atomic mass is 10.00. The summed E-state index contributed by atoms with van der Waals surface area (Å²) in [6.45, 7) is 1.87. The SMILES string of the molecule is COc1ccc(/C=C(\C(=O)O)c2ccc(OC)c(C)c2)c(OC)c1. The van der Waals surface area contributed by atoms with E-state index in [0.29, 0.717) is 28.4 Å². The average Bonchev–Trinajstić information content (AvgIpc) is 2.59. The second kappa shape index (κ2) is 7.55. The van der Waals surface area contributed by atoms with Crippen LogP contribution in [0.15, 0.2) is 36.4 Å². The molecule has 0 saturated heterocycles. The molecule has 0 aromatic heterocycles. The fourth-order valence-electron chi connectivity index (χ4n) is 2.41. The third kappa shape index (κ3) is 3.68. The van der Waals surface area contributed by atoms with Gasteiger partial charge >= 0.3 is 5.97 Å². The van der Waals surface area contributed by atoms with Crippen molar-refractivity contribution < 1.29 is 24.1 Å². The van der Waals surface area contributed by atoms with Gasteiger partial charge in [-0.2, -0.15) is 0 Å². The number of aliphatic carboxylic acids is 1. The Morgan fingerprint density at radius 3 is 2.21 bits per heavy atom. The van der Waals surface area contributed by atoms with E-state index < -0.39 is 5.97 Å². The molecule has 2 aromatic carbocycles. The smallest absolute Gasteiger partial charge is 0.336 e. The normalized spacial score (nSPS) is 11.1. The number of benzene rings is 2. The zero-order valence-electron chi connectivity index (χ0n) is 14.1. The van der Waals surface area contributed by atoms with E-state index in [1.54, 1.807) is 56.7 Å². The van der Waals surface area contributed by atoms with Crippen molar-refractivity contribution in [1.82, 2.24) is 0 Å². The van der Waals surface area contributed by atoms with Gasteiger partial charge in [0.15, 0.2) is 0 Å². The van der Waals surface area contributed by atoms with E-state index >= 15 is 0 Å². The fourth-order valence-corrected chi connectivity index (χ4v) is 2.41. The van der Waals surface area contributed by atoms with Gasteiger partial charge in [0.25, 0.3) is 0 Å². The number of carboxylic acid groups (broad SMARTS) is 1. The molecular weight excluding hydrogens is 308 g/mol. The van der Waals surface area contributed by atoms with Crippen LogP contribution >= 0.6 is 0 Å². The molecule has 0 fully saturated rings. The van der Waals surface area contributed by atoms with E-state index in [2.05, 4.69) is 0 Å². The van der Waals surface area contributed by atoms with E-state index in [9.17, 15) is 9.90 Å². The van der Waals surface area contributed by atoms with Gasteiger partial charge in [-0.15, -0.1) is 0 Å². The number of carboxylic acids is 1. The minimum absolute atomic E-state index is 0.171. The first-order chi connectivity index (χ1) is 11.5. The number of methoxy groups -OCH3 is 3. The lowest BCUT2D eigenvalue weighted by Gasteiger charge is -2.10. The molecule has 0 radical (unpaired) electrons. The van der Waals surface area contributed by atoms with Crippen LogP contribution in [-0.2, 0) is 4.79 Å². The van der Waals surface area contributed by atoms with Crippen molar-refractivity contribution in [3.63, 3.8) is 0 Å². The van der Waals surface area contributed by atoms with Crippen molar-refractivity contribution >= 4 is 17.6 Å².